The minimum Gasteiger partial charge on any atom is -0.366 e. The minimum atomic E-state index is -0.437. The molecule has 2 N–H and O–H groups in total. The molecule has 5 heteroatoms. The molecule has 0 radical (unpaired) electrons. The third-order valence-electron chi connectivity index (χ3n) is 4.55. The van der Waals surface area contributed by atoms with E-state index >= 15 is 0 Å². The summed E-state index contributed by atoms with van der Waals surface area (Å²) < 4.78 is 0. The summed E-state index contributed by atoms with van der Waals surface area (Å²) in [4.78, 5) is 29.4. The zero-order valence-corrected chi connectivity index (χ0v) is 13.7. The molecule has 1 aromatic heterocycles. The number of amides is 2. The maximum absolute atomic E-state index is 11.6. The lowest BCUT2D eigenvalue weighted by Gasteiger charge is -2.31. The van der Waals surface area contributed by atoms with E-state index < -0.39 is 5.91 Å². The second kappa shape index (κ2) is 6.83. The van der Waals surface area contributed by atoms with Crippen LogP contribution in [0.1, 0.15) is 41.7 Å². The first-order valence-corrected chi connectivity index (χ1v) is 8.16. The second-order valence-electron chi connectivity index (χ2n) is 6.22. The van der Waals surface area contributed by atoms with Gasteiger partial charge in [-0.15, -0.1) is 0 Å². The molecule has 1 aliphatic heterocycles. The number of primary amides is 1. The molecule has 2 heterocycles. The predicted octanol–water partition coefficient (Wildman–Crippen LogP) is 2.57. The molecule has 2 amide bonds. The summed E-state index contributed by atoms with van der Waals surface area (Å²) in [5.41, 5.74) is 8.69. The van der Waals surface area contributed by atoms with Gasteiger partial charge in [-0.1, -0.05) is 18.2 Å². The summed E-state index contributed by atoms with van der Waals surface area (Å²) in [6.07, 6.45) is 3.88. The van der Waals surface area contributed by atoms with E-state index in [0.717, 1.165) is 42.8 Å². The van der Waals surface area contributed by atoms with Crippen molar-refractivity contribution in [3.05, 3.63) is 53.9 Å². The van der Waals surface area contributed by atoms with E-state index in [1.54, 1.807) is 19.1 Å². The second-order valence-corrected chi connectivity index (χ2v) is 6.22. The molecule has 1 aliphatic rings. The monoisotopic (exact) mass is 323 g/mol. The van der Waals surface area contributed by atoms with Crippen LogP contribution in [0.5, 0.6) is 0 Å². The molecular weight excluding hydrogens is 302 g/mol. The number of rotatable bonds is 3. The molecule has 0 aliphatic carbocycles. The third-order valence-corrected chi connectivity index (χ3v) is 4.55. The van der Waals surface area contributed by atoms with Gasteiger partial charge in [-0.05, 0) is 36.6 Å². The van der Waals surface area contributed by atoms with Crippen LogP contribution in [0.4, 0.5) is 0 Å². The minimum absolute atomic E-state index is 0.125. The third kappa shape index (κ3) is 3.45. The Bertz CT molecular complexity index is 755. The molecule has 1 fully saturated rings. The van der Waals surface area contributed by atoms with E-state index in [-0.39, 0.29) is 11.8 Å². The number of carbonyl (C=O) groups is 2. The van der Waals surface area contributed by atoms with Crippen molar-refractivity contribution in [1.29, 1.82) is 0 Å². The van der Waals surface area contributed by atoms with Crippen molar-refractivity contribution in [2.75, 3.05) is 13.1 Å². The lowest BCUT2D eigenvalue weighted by molar-refractivity contribution is -0.130. The summed E-state index contributed by atoms with van der Waals surface area (Å²) in [6.45, 7) is 3.19. The molecule has 0 bridgehead atoms. The Morgan fingerprint density at radius 3 is 2.71 bits per heavy atom. The quantitative estimate of drug-likeness (QED) is 0.943. The Morgan fingerprint density at radius 2 is 2.04 bits per heavy atom. The maximum Gasteiger partial charge on any atom is 0.248 e. The van der Waals surface area contributed by atoms with Crippen molar-refractivity contribution in [2.24, 2.45) is 5.73 Å². The molecule has 1 unspecified atom stereocenters. The number of hydrogen-bond acceptors (Lipinski definition) is 3. The molecule has 1 aromatic carbocycles. The Labute approximate surface area is 141 Å². The molecule has 2 aromatic rings. The average Bonchev–Trinajstić information content (AvgIpc) is 2.62. The number of likely N-dealkylation sites (tertiary alicyclic amines) is 1. The van der Waals surface area contributed by atoms with E-state index in [0.29, 0.717) is 5.56 Å². The number of nitrogens with zero attached hydrogens (tertiary/aromatic N) is 2. The first-order chi connectivity index (χ1) is 11.5. The van der Waals surface area contributed by atoms with Crippen molar-refractivity contribution in [3.8, 4) is 11.1 Å². The zero-order chi connectivity index (χ0) is 17.1. The summed E-state index contributed by atoms with van der Waals surface area (Å²) in [6, 6.07) is 11.2. The highest BCUT2D eigenvalue weighted by atomic mass is 16.2. The topological polar surface area (TPSA) is 76.3 Å². The SMILES string of the molecule is CC(=O)N1CCCC(c2ccc(-c3cccc(C(N)=O)c3)cn2)C1. The smallest absolute Gasteiger partial charge is 0.248 e. The Kier molecular flexibility index (Phi) is 4.60. The highest BCUT2D eigenvalue weighted by molar-refractivity contribution is 5.94. The maximum atomic E-state index is 11.6. The van der Waals surface area contributed by atoms with Crippen LogP contribution in [0, 0.1) is 0 Å². The van der Waals surface area contributed by atoms with E-state index in [1.807, 2.05) is 35.4 Å². The number of aromatic nitrogens is 1. The van der Waals surface area contributed by atoms with Gasteiger partial charge in [0.15, 0.2) is 0 Å². The standard InChI is InChI=1S/C19H21N3O2/c1-13(23)22-9-3-6-17(12-22)18-8-7-16(11-21-18)14-4-2-5-15(10-14)19(20)24/h2,4-5,7-8,10-11,17H,3,6,9,12H2,1H3,(H2,20,24). The van der Waals surface area contributed by atoms with E-state index in [2.05, 4.69) is 4.98 Å². The van der Waals surface area contributed by atoms with E-state index in [4.69, 9.17) is 5.73 Å². The molecule has 1 saturated heterocycles. The van der Waals surface area contributed by atoms with Crippen molar-refractivity contribution in [1.82, 2.24) is 9.88 Å². The Balaban J connectivity index is 1.79. The highest BCUT2D eigenvalue weighted by Crippen LogP contribution is 2.27. The summed E-state index contributed by atoms with van der Waals surface area (Å²) in [5, 5.41) is 0. The van der Waals surface area contributed by atoms with Gasteiger partial charge in [-0.2, -0.15) is 0 Å². The zero-order valence-electron chi connectivity index (χ0n) is 13.7. The molecule has 24 heavy (non-hydrogen) atoms. The van der Waals surface area contributed by atoms with Crippen LogP contribution >= 0.6 is 0 Å². The van der Waals surface area contributed by atoms with Crippen LogP contribution in [0.2, 0.25) is 0 Å². The van der Waals surface area contributed by atoms with E-state index in [1.165, 1.54) is 0 Å². The normalized spacial score (nSPS) is 17.5. The van der Waals surface area contributed by atoms with Crippen LogP contribution < -0.4 is 5.73 Å². The van der Waals surface area contributed by atoms with Gasteiger partial charge >= 0.3 is 0 Å². The first-order valence-electron chi connectivity index (χ1n) is 8.16. The number of hydrogen-bond donors (Lipinski definition) is 1. The number of pyridine rings is 1. The molecule has 5 nitrogen and oxygen atoms in total. The number of benzene rings is 1. The molecule has 0 saturated carbocycles. The fourth-order valence-electron chi connectivity index (χ4n) is 3.17. The number of carbonyl (C=O) groups excluding carboxylic acids is 2. The number of nitrogens with two attached hydrogens (primary N) is 1. The van der Waals surface area contributed by atoms with Crippen molar-refractivity contribution < 1.29 is 9.59 Å². The summed E-state index contributed by atoms with van der Waals surface area (Å²) in [7, 11) is 0. The predicted molar refractivity (Wildman–Crippen MR) is 92.4 cm³/mol. The van der Waals surface area contributed by atoms with Crippen LogP contribution in [-0.2, 0) is 4.79 Å². The molecule has 1 atom stereocenters. The Hall–Kier alpha value is -2.69. The molecular formula is C19H21N3O2. The van der Waals surface area contributed by atoms with Crippen molar-refractivity contribution in [2.45, 2.75) is 25.7 Å². The average molecular weight is 323 g/mol. The van der Waals surface area contributed by atoms with Gasteiger partial charge in [0.2, 0.25) is 11.8 Å². The van der Waals surface area contributed by atoms with Gasteiger partial charge in [0.05, 0.1) is 0 Å². The molecule has 0 spiro atoms. The molecule has 124 valence electrons. The van der Waals surface area contributed by atoms with Crippen molar-refractivity contribution in [3.63, 3.8) is 0 Å². The van der Waals surface area contributed by atoms with Gasteiger partial charge in [0, 0.05) is 48.9 Å². The number of piperidine rings is 1. The van der Waals surface area contributed by atoms with Gasteiger partial charge < -0.3 is 10.6 Å². The van der Waals surface area contributed by atoms with Crippen LogP contribution in [0.15, 0.2) is 42.6 Å². The fraction of sp³-hybridized carbons (Fsp3) is 0.316. The lowest BCUT2D eigenvalue weighted by atomic mass is 9.93. The Morgan fingerprint density at radius 1 is 1.21 bits per heavy atom. The van der Waals surface area contributed by atoms with Crippen molar-refractivity contribution >= 4 is 11.8 Å². The lowest BCUT2D eigenvalue weighted by Crippen LogP contribution is -2.37. The molecule has 3 rings (SSSR count). The van der Waals surface area contributed by atoms with Crippen LogP contribution in [0.25, 0.3) is 11.1 Å². The van der Waals surface area contributed by atoms with E-state index in [9.17, 15) is 9.59 Å². The van der Waals surface area contributed by atoms with Gasteiger partial charge in [0.25, 0.3) is 0 Å². The van der Waals surface area contributed by atoms with Gasteiger partial charge in [-0.25, -0.2) is 0 Å². The fourth-order valence-corrected chi connectivity index (χ4v) is 3.17. The van der Waals surface area contributed by atoms with Gasteiger partial charge in [0.1, 0.15) is 0 Å². The summed E-state index contributed by atoms with van der Waals surface area (Å²) >= 11 is 0. The van der Waals surface area contributed by atoms with Crippen LogP contribution in [-0.4, -0.2) is 34.8 Å². The van der Waals surface area contributed by atoms with Gasteiger partial charge in [-0.3, -0.25) is 14.6 Å². The first kappa shape index (κ1) is 16.2. The largest absolute Gasteiger partial charge is 0.366 e. The summed E-state index contributed by atoms with van der Waals surface area (Å²) in [5.74, 6) is -0.0267. The highest BCUT2D eigenvalue weighted by Gasteiger charge is 2.23. The van der Waals surface area contributed by atoms with Crippen LogP contribution in [0.3, 0.4) is 0 Å².